The average Bonchev–Trinajstić information content (AvgIpc) is 2.79. The molecule has 0 aliphatic carbocycles. The second kappa shape index (κ2) is 10.2. The minimum absolute atomic E-state index is 0.0865. The lowest BCUT2D eigenvalue weighted by molar-refractivity contribution is -0.387. The first-order valence-corrected chi connectivity index (χ1v) is 9.49. The maximum atomic E-state index is 14.8. The Morgan fingerprint density at radius 3 is 2.50 bits per heavy atom. The summed E-state index contributed by atoms with van der Waals surface area (Å²) < 4.78 is 24.6. The molecular formula is C23H19FN2O6. The summed E-state index contributed by atoms with van der Waals surface area (Å²) in [5, 5.41) is 13.7. The Morgan fingerprint density at radius 1 is 1.06 bits per heavy atom. The highest BCUT2D eigenvalue weighted by Crippen LogP contribution is 2.32. The Hall–Kier alpha value is -4.27. The van der Waals surface area contributed by atoms with Crippen molar-refractivity contribution in [2.45, 2.75) is 13.0 Å². The van der Waals surface area contributed by atoms with Gasteiger partial charge in [-0.25, -0.2) is 4.79 Å². The summed E-state index contributed by atoms with van der Waals surface area (Å²) in [4.78, 5) is 34.1. The summed E-state index contributed by atoms with van der Waals surface area (Å²) in [7, 11) is 1.14. The van der Waals surface area contributed by atoms with Gasteiger partial charge in [0.25, 0.3) is 0 Å². The molecule has 3 aromatic carbocycles. The molecule has 164 valence electrons. The molecule has 1 amide bonds. The van der Waals surface area contributed by atoms with Crippen molar-refractivity contribution in [3.63, 3.8) is 0 Å². The van der Waals surface area contributed by atoms with Crippen molar-refractivity contribution >= 4 is 23.4 Å². The van der Waals surface area contributed by atoms with Crippen LogP contribution in [0.3, 0.4) is 0 Å². The molecule has 8 nitrogen and oxygen atoms in total. The predicted octanol–water partition coefficient (Wildman–Crippen LogP) is 4.87. The number of anilines is 1. The van der Waals surface area contributed by atoms with Crippen molar-refractivity contribution in [2.75, 3.05) is 12.4 Å². The second-order valence-corrected chi connectivity index (χ2v) is 6.70. The van der Waals surface area contributed by atoms with E-state index in [1.54, 1.807) is 24.3 Å². The smallest absolute Gasteiger partial charge is 0.411 e. The van der Waals surface area contributed by atoms with Crippen LogP contribution < -0.4 is 5.32 Å². The number of rotatable bonds is 7. The molecule has 0 radical (unpaired) electrons. The molecule has 0 saturated carbocycles. The van der Waals surface area contributed by atoms with Gasteiger partial charge in [-0.15, -0.1) is 0 Å². The maximum absolute atomic E-state index is 14.8. The summed E-state index contributed by atoms with van der Waals surface area (Å²) in [5.74, 6) is -1.86. The fraction of sp³-hybridized carbons (Fsp3) is 0.130. The lowest BCUT2D eigenvalue weighted by Crippen LogP contribution is -2.13. The quantitative estimate of drug-likeness (QED) is 0.320. The third kappa shape index (κ3) is 5.45. The van der Waals surface area contributed by atoms with Crippen LogP contribution in [0.4, 0.5) is 20.6 Å². The molecule has 0 aromatic heterocycles. The molecule has 3 aromatic rings. The van der Waals surface area contributed by atoms with Gasteiger partial charge in [0.15, 0.2) is 0 Å². The van der Waals surface area contributed by atoms with Crippen LogP contribution in [-0.2, 0) is 27.3 Å². The first-order valence-electron chi connectivity index (χ1n) is 9.49. The molecule has 0 heterocycles. The summed E-state index contributed by atoms with van der Waals surface area (Å²) in [5.41, 5.74) is 0.980. The van der Waals surface area contributed by atoms with Crippen molar-refractivity contribution in [3.8, 4) is 11.1 Å². The monoisotopic (exact) mass is 438 g/mol. The number of ether oxygens (including phenoxy) is 2. The van der Waals surface area contributed by atoms with E-state index in [4.69, 9.17) is 4.74 Å². The fourth-order valence-corrected chi connectivity index (χ4v) is 3.05. The van der Waals surface area contributed by atoms with Gasteiger partial charge < -0.3 is 9.47 Å². The highest BCUT2D eigenvalue weighted by molar-refractivity contribution is 5.86. The van der Waals surface area contributed by atoms with E-state index in [1.165, 1.54) is 6.07 Å². The number of nitrogens with zero attached hydrogens (tertiary/aromatic N) is 1. The highest BCUT2D eigenvalue weighted by atomic mass is 19.1. The first kappa shape index (κ1) is 22.4. The molecule has 1 N–H and O–H groups in total. The van der Waals surface area contributed by atoms with Gasteiger partial charge >= 0.3 is 17.7 Å². The number of benzene rings is 3. The van der Waals surface area contributed by atoms with Crippen LogP contribution in [0.15, 0.2) is 66.7 Å². The van der Waals surface area contributed by atoms with E-state index in [-0.39, 0.29) is 17.7 Å². The van der Waals surface area contributed by atoms with Gasteiger partial charge in [0.05, 0.1) is 18.5 Å². The molecule has 0 fully saturated rings. The maximum Gasteiger partial charge on any atom is 0.411 e. The molecule has 3 rings (SSSR count). The predicted molar refractivity (Wildman–Crippen MR) is 114 cm³/mol. The summed E-state index contributed by atoms with van der Waals surface area (Å²) in [6, 6.07) is 17.9. The van der Waals surface area contributed by atoms with Crippen molar-refractivity contribution in [1.82, 2.24) is 0 Å². The van der Waals surface area contributed by atoms with E-state index in [1.807, 2.05) is 30.3 Å². The van der Waals surface area contributed by atoms with Gasteiger partial charge in [-0.3, -0.25) is 20.2 Å². The number of esters is 1. The number of hydrogen-bond donors (Lipinski definition) is 1. The van der Waals surface area contributed by atoms with Gasteiger partial charge in [-0.2, -0.15) is 4.39 Å². The molecule has 9 heteroatoms. The van der Waals surface area contributed by atoms with Gasteiger partial charge in [-0.05, 0) is 34.9 Å². The van der Waals surface area contributed by atoms with E-state index >= 15 is 0 Å². The van der Waals surface area contributed by atoms with Gasteiger partial charge in [0.2, 0.25) is 5.82 Å². The molecule has 0 unspecified atom stereocenters. The van der Waals surface area contributed by atoms with E-state index < -0.39 is 34.9 Å². The van der Waals surface area contributed by atoms with E-state index in [0.29, 0.717) is 11.3 Å². The van der Waals surface area contributed by atoms with Crippen molar-refractivity contribution < 1.29 is 28.4 Å². The number of methoxy groups -OCH3 is 1. The van der Waals surface area contributed by atoms with E-state index in [0.717, 1.165) is 18.7 Å². The van der Waals surface area contributed by atoms with Gasteiger partial charge in [-0.1, -0.05) is 42.5 Å². The van der Waals surface area contributed by atoms with Crippen LogP contribution in [0.5, 0.6) is 0 Å². The zero-order valence-electron chi connectivity index (χ0n) is 17.0. The van der Waals surface area contributed by atoms with Crippen LogP contribution in [-0.4, -0.2) is 24.1 Å². The highest BCUT2D eigenvalue weighted by Gasteiger charge is 2.24. The third-order valence-electron chi connectivity index (χ3n) is 4.60. The zero-order chi connectivity index (χ0) is 23.1. The van der Waals surface area contributed by atoms with Crippen molar-refractivity contribution in [1.29, 1.82) is 0 Å². The van der Waals surface area contributed by atoms with Gasteiger partial charge in [0.1, 0.15) is 6.61 Å². The standard InChI is InChI=1S/C23H19FN2O6/c1-31-21(27)13-19-18(10-11-20(22(19)24)26(29)30)16-8-5-9-17(12-16)25-23(28)32-14-15-6-3-2-4-7-15/h2-12H,13-14H2,1H3,(H,25,28). The van der Waals surface area contributed by atoms with Crippen molar-refractivity contribution in [2.24, 2.45) is 0 Å². The molecule has 0 aliphatic rings. The van der Waals surface area contributed by atoms with Crippen LogP contribution >= 0.6 is 0 Å². The number of amides is 1. The summed E-state index contributed by atoms with van der Waals surface area (Å²) >= 11 is 0. The zero-order valence-corrected chi connectivity index (χ0v) is 17.0. The summed E-state index contributed by atoms with van der Waals surface area (Å²) in [6.07, 6.45) is -1.17. The number of halogens is 1. The molecule has 0 atom stereocenters. The third-order valence-corrected chi connectivity index (χ3v) is 4.60. The lowest BCUT2D eigenvalue weighted by Gasteiger charge is -2.12. The largest absolute Gasteiger partial charge is 0.469 e. The molecular weight excluding hydrogens is 419 g/mol. The van der Waals surface area contributed by atoms with Gasteiger partial charge in [0, 0.05) is 17.3 Å². The van der Waals surface area contributed by atoms with Crippen LogP contribution in [0.1, 0.15) is 11.1 Å². The van der Waals surface area contributed by atoms with Crippen LogP contribution in [0, 0.1) is 15.9 Å². The Balaban J connectivity index is 1.85. The summed E-state index contributed by atoms with van der Waals surface area (Å²) in [6.45, 7) is 0.0865. The number of carbonyl (C=O) groups excluding carboxylic acids is 2. The molecule has 0 saturated heterocycles. The minimum atomic E-state index is -1.11. The van der Waals surface area contributed by atoms with Crippen molar-refractivity contribution in [3.05, 3.63) is 93.8 Å². The van der Waals surface area contributed by atoms with E-state index in [9.17, 15) is 24.1 Å². The number of nitro benzene ring substituents is 1. The Kier molecular flexibility index (Phi) is 7.12. The molecule has 0 aliphatic heterocycles. The second-order valence-electron chi connectivity index (χ2n) is 6.70. The minimum Gasteiger partial charge on any atom is -0.469 e. The topological polar surface area (TPSA) is 108 Å². The van der Waals surface area contributed by atoms with Crippen LogP contribution in [0.2, 0.25) is 0 Å². The lowest BCUT2D eigenvalue weighted by atomic mass is 9.96. The molecule has 32 heavy (non-hydrogen) atoms. The Bertz CT molecular complexity index is 1150. The van der Waals surface area contributed by atoms with Crippen LogP contribution in [0.25, 0.3) is 11.1 Å². The Labute approximate surface area is 182 Å². The number of carbonyl (C=O) groups is 2. The number of nitrogens with one attached hydrogen (secondary N) is 1. The normalized spacial score (nSPS) is 10.3. The fourth-order valence-electron chi connectivity index (χ4n) is 3.05. The average molecular weight is 438 g/mol. The molecule has 0 bridgehead atoms. The first-order chi connectivity index (χ1) is 15.4. The SMILES string of the molecule is COC(=O)Cc1c(-c2cccc(NC(=O)OCc3ccccc3)c2)ccc([N+](=O)[O-])c1F. The Morgan fingerprint density at radius 2 is 1.81 bits per heavy atom. The number of hydrogen-bond acceptors (Lipinski definition) is 6. The number of nitro groups is 1. The van der Waals surface area contributed by atoms with E-state index in [2.05, 4.69) is 10.1 Å². The molecule has 0 spiro atoms.